The van der Waals surface area contributed by atoms with Gasteiger partial charge >= 0.3 is 0 Å². The van der Waals surface area contributed by atoms with E-state index in [9.17, 15) is 9.59 Å². The van der Waals surface area contributed by atoms with Crippen LogP contribution in [0.1, 0.15) is 30.0 Å². The first kappa shape index (κ1) is 18.1. The first-order chi connectivity index (χ1) is 12.6. The molecule has 3 rings (SSSR count). The predicted octanol–water partition coefficient (Wildman–Crippen LogP) is 2.66. The molecule has 1 saturated heterocycles. The summed E-state index contributed by atoms with van der Waals surface area (Å²) in [7, 11) is 0. The zero-order valence-corrected chi connectivity index (χ0v) is 15.4. The number of benzene rings is 1. The summed E-state index contributed by atoms with van der Waals surface area (Å²) in [5, 5.41) is 2.96. The summed E-state index contributed by atoms with van der Waals surface area (Å²) >= 11 is 0. The summed E-state index contributed by atoms with van der Waals surface area (Å²) in [4.78, 5) is 30.9. The summed E-state index contributed by atoms with van der Waals surface area (Å²) in [6, 6.07) is 9.96. The normalized spacial score (nSPS) is 16.8. The summed E-state index contributed by atoms with van der Waals surface area (Å²) in [6.07, 6.45) is 5.41. The highest BCUT2D eigenvalue weighted by atomic mass is 16.2. The van der Waals surface area contributed by atoms with Gasteiger partial charge in [0.1, 0.15) is 0 Å². The molecular weight excluding hydrogens is 326 g/mol. The molecule has 1 aliphatic heterocycles. The molecule has 5 heteroatoms. The van der Waals surface area contributed by atoms with Gasteiger partial charge in [-0.3, -0.25) is 14.6 Å². The summed E-state index contributed by atoms with van der Waals surface area (Å²) in [5.74, 6) is -0.307. The average molecular weight is 351 g/mol. The molecule has 1 N–H and O–H groups in total. The zero-order valence-electron chi connectivity index (χ0n) is 15.4. The van der Waals surface area contributed by atoms with Crippen molar-refractivity contribution in [2.24, 2.45) is 5.92 Å². The zero-order chi connectivity index (χ0) is 18.5. The van der Waals surface area contributed by atoms with E-state index in [1.807, 2.05) is 31.2 Å². The van der Waals surface area contributed by atoms with Crippen molar-refractivity contribution in [3.8, 4) is 0 Å². The van der Waals surface area contributed by atoms with E-state index in [-0.39, 0.29) is 24.2 Å². The third-order valence-corrected chi connectivity index (χ3v) is 4.90. The van der Waals surface area contributed by atoms with Gasteiger partial charge in [-0.1, -0.05) is 31.2 Å². The third-order valence-electron chi connectivity index (χ3n) is 4.90. The van der Waals surface area contributed by atoms with Crippen molar-refractivity contribution in [1.29, 1.82) is 0 Å². The van der Waals surface area contributed by atoms with Crippen LogP contribution < -0.4 is 10.2 Å². The van der Waals surface area contributed by atoms with Crippen LogP contribution in [0.3, 0.4) is 0 Å². The summed E-state index contributed by atoms with van der Waals surface area (Å²) < 4.78 is 0. The van der Waals surface area contributed by atoms with Gasteiger partial charge in [0.05, 0.1) is 5.92 Å². The minimum Gasteiger partial charge on any atom is -0.355 e. The predicted molar refractivity (Wildman–Crippen MR) is 102 cm³/mol. The van der Waals surface area contributed by atoms with E-state index >= 15 is 0 Å². The van der Waals surface area contributed by atoms with E-state index in [1.165, 1.54) is 0 Å². The second-order valence-electron chi connectivity index (χ2n) is 6.74. The molecule has 0 aliphatic carbocycles. The number of nitrogens with one attached hydrogen (secondary N) is 1. The molecule has 2 amide bonds. The maximum absolute atomic E-state index is 12.5. The van der Waals surface area contributed by atoms with Gasteiger partial charge in [-0.25, -0.2) is 0 Å². The minimum atomic E-state index is -0.291. The van der Waals surface area contributed by atoms with Crippen molar-refractivity contribution in [3.63, 3.8) is 0 Å². The van der Waals surface area contributed by atoms with E-state index in [1.54, 1.807) is 17.3 Å². The number of carbonyl (C=O) groups is 2. The van der Waals surface area contributed by atoms with E-state index in [2.05, 4.69) is 23.3 Å². The molecular formula is C21H25N3O2. The number of hydrogen-bond donors (Lipinski definition) is 1. The maximum atomic E-state index is 12.5. The molecule has 0 spiro atoms. The number of aromatic nitrogens is 1. The molecule has 0 bridgehead atoms. The van der Waals surface area contributed by atoms with E-state index in [4.69, 9.17) is 0 Å². The van der Waals surface area contributed by atoms with Crippen LogP contribution in [-0.4, -0.2) is 29.9 Å². The van der Waals surface area contributed by atoms with Gasteiger partial charge in [0.15, 0.2) is 0 Å². The van der Waals surface area contributed by atoms with E-state index < -0.39 is 0 Å². The van der Waals surface area contributed by atoms with Crippen LogP contribution in [-0.2, 0) is 22.4 Å². The molecule has 5 nitrogen and oxygen atoms in total. The van der Waals surface area contributed by atoms with Gasteiger partial charge in [0, 0.05) is 37.6 Å². The van der Waals surface area contributed by atoms with Crippen LogP contribution in [0.25, 0.3) is 0 Å². The molecule has 0 radical (unpaired) electrons. The SMILES string of the molecule is CCc1cccc(C)c1N1CC(C(=O)NCCc2cccnc2)CC1=O. The number of pyridine rings is 1. The highest BCUT2D eigenvalue weighted by Gasteiger charge is 2.36. The van der Waals surface area contributed by atoms with Crippen LogP contribution >= 0.6 is 0 Å². The number of anilines is 1. The molecule has 1 aliphatic rings. The van der Waals surface area contributed by atoms with Gasteiger partial charge in [-0.15, -0.1) is 0 Å². The fourth-order valence-corrected chi connectivity index (χ4v) is 3.51. The standard InChI is InChI=1S/C21H25N3O2/c1-3-17-8-4-6-15(2)20(17)24-14-18(12-19(24)25)21(26)23-11-9-16-7-5-10-22-13-16/h4-8,10,13,18H,3,9,11-12,14H2,1-2H3,(H,23,26). The Morgan fingerprint density at radius 1 is 1.31 bits per heavy atom. The number of para-hydroxylation sites is 1. The van der Waals surface area contributed by atoms with Crippen molar-refractivity contribution in [2.45, 2.75) is 33.1 Å². The molecule has 1 atom stereocenters. The van der Waals surface area contributed by atoms with Gasteiger partial charge in [0.25, 0.3) is 0 Å². The van der Waals surface area contributed by atoms with E-state index in [0.29, 0.717) is 13.1 Å². The van der Waals surface area contributed by atoms with Crippen molar-refractivity contribution in [2.75, 3.05) is 18.0 Å². The Morgan fingerprint density at radius 3 is 2.88 bits per heavy atom. The van der Waals surface area contributed by atoms with Crippen molar-refractivity contribution in [3.05, 3.63) is 59.4 Å². The molecule has 26 heavy (non-hydrogen) atoms. The highest BCUT2D eigenvalue weighted by Crippen LogP contribution is 2.31. The molecule has 136 valence electrons. The summed E-state index contributed by atoms with van der Waals surface area (Å²) in [5.41, 5.74) is 4.29. The molecule has 1 fully saturated rings. The second kappa shape index (κ2) is 8.13. The second-order valence-corrected chi connectivity index (χ2v) is 6.74. The van der Waals surface area contributed by atoms with E-state index in [0.717, 1.165) is 35.2 Å². The minimum absolute atomic E-state index is 0.0291. The lowest BCUT2D eigenvalue weighted by Gasteiger charge is -2.22. The molecule has 1 aromatic carbocycles. The lowest BCUT2D eigenvalue weighted by molar-refractivity contribution is -0.126. The molecule has 1 unspecified atom stereocenters. The monoisotopic (exact) mass is 351 g/mol. The van der Waals surface area contributed by atoms with Crippen molar-refractivity contribution in [1.82, 2.24) is 10.3 Å². The van der Waals surface area contributed by atoms with Crippen LogP contribution in [0.5, 0.6) is 0 Å². The maximum Gasteiger partial charge on any atom is 0.227 e. The van der Waals surface area contributed by atoms with Gasteiger partial charge in [-0.05, 0) is 42.5 Å². The van der Waals surface area contributed by atoms with Crippen molar-refractivity contribution < 1.29 is 9.59 Å². The average Bonchev–Trinajstić information content (AvgIpc) is 3.03. The first-order valence-electron chi connectivity index (χ1n) is 9.15. The Bertz CT molecular complexity index is 789. The Balaban J connectivity index is 1.62. The highest BCUT2D eigenvalue weighted by molar-refractivity contribution is 6.01. The largest absolute Gasteiger partial charge is 0.355 e. The quantitative estimate of drug-likeness (QED) is 0.870. The number of aryl methyl sites for hydroxylation is 2. The number of rotatable bonds is 6. The number of nitrogens with zero attached hydrogens (tertiary/aromatic N) is 2. The first-order valence-corrected chi connectivity index (χ1v) is 9.15. The smallest absolute Gasteiger partial charge is 0.227 e. The number of amides is 2. The fraction of sp³-hybridized carbons (Fsp3) is 0.381. The van der Waals surface area contributed by atoms with Gasteiger partial charge < -0.3 is 10.2 Å². The van der Waals surface area contributed by atoms with Crippen LogP contribution in [0, 0.1) is 12.8 Å². The number of carbonyl (C=O) groups excluding carboxylic acids is 2. The third kappa shape index (κ3) is 3.93. The topological polar surface area (TPSA) is 62.3 Å². The van der Waals surface area contributed by atoms with Crippen molar-refractivity contribution >= 4 is 17.5 Å². The molecule has 1 aromatic heterocycles. The number of hydrogen-bond acceptors (Lipinski definition) is 3. The summed E-state index contributed by atoms with van der Waals surface area (Å²) in [6.45, 7) is 5.11. The molecule has 0 saturated carbocycles. The Morgan fingerprint density at radius 2 is 2.15 bits per heavy atom. The van der Waals surface area contributed by atoms with Crippen LogP contribution in [0.2, 0.25) is 0 Å². The molecule has 2 heterocycles. The molecule has 2 aromatic rings. The van der Waals surface area contributed by atoms with Crippen LogP contribution in [0.4, 0.5) is 5.69 Å². The van der Waals surface area contributed by atoms with Crippen LogP contribution in [0.15, 0.2) is 42.7 Å². The Kier molecular flexibility index (Phi) is 5.66. The lowest BCUT2D eigenvalue weighted by Crippen LogP contribution is -2.34. The lowest BCUT2D eigenvalue weighted by atomic mass is 10.0. The van der Waals surface area contributed by atoms with Gasteiger partial charge in [0.2, 0.25) is 11.8 Å². The Labute approximate surface area is 154 Å². The Hall–Kier alpha value is -2.69. The fourth-order valence-electron chi connectivity index (χ4n) is 3.51. The van der Waals surface area contributed by atoms with Gasteiger partial charge in [-0.2, -0.15) is 0 Å².